The summed E-state index contributed by atoms with van der Waals surface area (Å²) < 4.78 is 6.61. The van der Waals surface area contributed by atoms with Gasteiger partial charge in [-0.05, 0) is 25.2 Å². The molecule has 2 aliphatic heterocycles. The van der Waals surface area contributed by atoms with E-state index in [1.54, 1.807) is 0 Å². The first-order chi connectivity index (χ1) is 13.9. The molecular weight excluding hydrogens is 390 g/mol. The molecule has 6 nitrogen and oxygen atoms in total. The van der Waals surface area contributed by atoms with Gasteiger partial charge >= 0.3 is 11.9 Å². The number of hydrogen-bond donors (Lipinski definition) is 2. The second-order valence-corrected chi connectivity index (χ2v) is 8.04. The fourth-order valence-electron chi connectivity index (χ4n) is 3.43. The molecule has 0 saturated carbocycles. The van der Waals surface area contributed by atoms with Crippen LogP contribution in [0, 0.1) is 0 Å². The highest BCUT2D eigenvalue weighted by molar-refractivity contribution is 7.99. The summed E-state index contributed by atoms with van der Waals surface area (Å²) in [6, 6.07) is 17.2. The van der Waals surface area contributed by atoms with Crippen LogP contribution in [0.5, 0.6) is 5.75 Å². The Morgan fingerprint density at radius 2 is 1.52 bits per heavy atom. The summed E-state index contributed by atoms with van der Waals surface area (Å²) in [6.07, 6.45) is 3.22. The third-order valence-electron chi connectivity index (χ3n) is 4.92. The van der Waals surface area contributed by atoms with Gasteiger partial charge in [0.15, 0.2) is 0 Å². The molecule has 2 heterocycles. The van der Waals surface area contributed by atoms with Crippen LogP contribution in [0.4, 0.5) is 0 Å². The van der Waals surface area contributed by atoms with E-state index in [1.807, 2.05) is 11.8 Å². The van der Waals surface area contributed by atoms with E-state index >= 15 is 0 Å². The van der Waals surface area contributed by atoms with Gasteiger partial charge in [-0.3, -0.25) is 0 Å². The number of carboxylic acids is 2. The summed E-state index contributed by atoms with van der Waals surface area (Å²) in [6.45, 7) is 2.17. The molecule has 0 amide bonds. The van der Waals surface area contributed by atoms with Gasteiger partial charge in [-0.25, -0.2) is 9.59 Å². The summed E-state index contributed by atoms with van der Waals surface area (Å²) in [4.78, 5) is 24.1. The van der Waals surface area contributed by atoms with Crippen LogP contribution in [0.25, 0.3) is 0 Å². The van der Waals surface area contributed by atoms with Crippen molar-refractivity contribution in [3.63, 3.8) is 0 Å². The van der Waals surface area contributed by atoms with E-state index < -0.39 is 11.9 Å². The molecule has 7 heteroatoms. The van der Waals surface area contributed by atoms with Gasteiger partial charge < -0.3 is 19.8 Å². The number of benzene rings is 2. The van der Waals surface area contributed by atoms with Crippen LogP contribution >= 0.6 is 11.8 Å². The van der Waals surface area contributed by atoms with Crippen molar-refractivity contribution in [2.45, 2.75) is 28.2 Å². The van der Waals surface area contributed by atoms with Crippen molar-refractivity contribution in [3.05, 3.63) is 66.2 Å². The average molecular weight is 413 g/mol. The molecule has 152 valence electrons. The first-order valence-electron chi connectivity index (χ1n) is 9.27. The van der Waals surface area contributed by atoms with Crippen LogP contribution in [0.15, 0.2) is 70.5 Å². The summed E-state index contributed by atoms with van der Waals surface area (Å²) in [5, 5.41) is 15.6. The number of carbonyl (C=O) groups is 2. The van der Waals surface area contributed by atoms with Crippen molar-refractivity contribution in [1.29, 1.82) is 0 Å². The summed E-state index contributed by atoms with van der Waals surface area (Å²) in [7, 11) is 2.19. The lowest BCUT2D eigenvalue weighted by Gasteiger charge is -2.41. The lowest BCUT2D eigenvalue weighted by molar-refractivity contribution is -0.134. The number of fused-ring (bicyclic) bond motifs is 3. The Hall–Kier alpha value is -2.77. The average Bonchev–Trinajstić information content (AvgIpc) is 2.84. The summed E-state index contributed by atoms with van der Waals surface area (Å²) in [5.74, 6) is -1.48. The molecule has 1 spiro atoms. The van der Waals surface area contributed by atoms with E-state index in [4.69, 9.17) is 14.9 Å². The maximum atomic E-state index is 9.55. The Labute approximate surface area is 173 Å². The first-order valence-corrected chi connectivity index (χ1v) is 10.1. The predicted molar refractivity (Wildman–Crippen MR) is 110 cm³/mol. The molecule has 0 bridgehead atoms. The molecule has 0 aliphatic carbocycles. The van der Waals surface area contributed by atoms with Gasteiger partial charge in [-0.2, -0.15) is 0 Å². The van der Waals surface area contributed by atoms with Gasteiger partial charge in [0.1, 0.15) is 11.4 Å². The zero-order chi connectivity index (χ0) is 20.9. The highest BCUT2D eigenvalue weighted by Crippen LogP contribution is 2.49. The number of carboxylic acid groups (broad SMARTS) is 2. The van der Waals surface area contributed by atoms with Gasteiger partial charge in [0.2, 0.25) is 0 Å². The largest absolute Gasteiger partial charge is 0.481 e. The number of rotatable bonds is 2. The topological polar surface area (TPSA) is 87.1 Å². The quantitative estimate of drug-likeness (QED) is 0.723. The molecule has 4 rings (SSSR count). The van der Waals surface area contributed by atoms with E-state index in [0.717, 1.165) is 31.7 Å². The van der Waals surface area contributed by atoms with Crippen molar-refractivity contribution in [2.24, 2.45) is 0 Å². The Balaban J connectivity index is 0.000000258. The summed E-state index contributed by atoms with van der Waals surface area (Å²) in [5.41, 5.74) is 1.20. The minimum absolute atomic E-state index is 0.164. The maximum Gasteiger partial charge on any atom is 0.328 e. The molecule has 2 N–H and O–H groups in total. The molecule has 2 aromatic carbocycles. The smallest absolute Gasteiger partial charge is 0.328 e. The first kappa shape index (κ1) is 21.0. The van der Waals surface area contributed by atoms with Crippen molar-refractivity contribution in [2.75, 3.05) is 20.1 Å². The third kappa shape index (κ3) is 5.19. The van der Waals surface area contributed by atoms with Gasteiger partial charge in [-0.15, -0.1) is 0 Å². The van der Waals surface area contributed by atoms with Gasteiger partial charge in [0.25, 0.3) is 0 Å². The second kappa shape index (κ2) is 9.15. The Morgan fingerprint density at radius 3 is 2.14 bits per heavy atom. The second-order valence-electron chi connectivity index (χ2n) is 6.95. The van der Waals surface area contributed by atoms with Crippen molar-refractivity contribution in [3.8, 4) is 5.75 Å². The molecular formula is C22H23NO5S. The number of para-hydroxylation sites is 1. The normalized spacial score (nSPS) is 17.3. The Bertz CT molecular complexity index is 903. The lowest BCUT2D eigenvalue weighted by atomic mass is 9.84. The predicted octanol–water partition coefficient (Wildman–Crippen LogP) is 3.86. The molecule has 0 aromatic heterocycles. The van der Waals surface area contributed by atoms with E-state index in [0.29, 0.717) is 12.2 Å². The fraction of sp³-hybridized carbons (Fsp3) is 0.273. The van der Waals surface area contributed by atoms with Gasteiger partial charge in [0.05, 0.1) is 4.90 Å². The molecule has 1 fully saturated rings. The number of ether oxygens (including phenoxy) is 1. The standard InChI is InChI=1S/C18H19NOS.C4H4O4/c1-19-12-10-18(11-13-19)14-6-2-4-8-16(14)21-17-9-5-3-7-15(17)20-18;5-3(6)1-2-4(7)8/h2-9H,10-13H2,1H3;1-2H,(H,5,6)(H,7,8)/b;2-1-. The molecule has 0 unspecified atom stereocenters. The van der Waals surface area contributed by atoms with E-state index in [-0.39, 0.29) is 5.60 Å². The van der Waals surface area contributed by atoms with Gasteiger partial charge in [0, 0.05) is 48.5 Å². The van der Waals surface area contributed by atoms with E-state index in [1.165, 1.54) is 15.4 Å². The van der Waals surface area contributed by atoms with Crippen molar-refractivity contribution in [1.82, 2.24) is 4.90 Å². The number of likely N-dealkylation sites (tertiary alicyclic amines) is 1. The van der Waals surface area contributed by atoms with Crippen LogP contribution < -0.4 is 4.74 Å². The molecule has 0 radical (unpaired) electrons. The molecule has 29 heavy (non-hydrogen) atoms. The van der Waals surface area contributed by atoms with Crippen LogP contribution in [0.1, 0.15) is 18.4 Å². The lowest BCUT2D eigenvalue weighted by Crippen LogP contribution is -2.44. The van der Waals surface area contributed by atoms with Crippen LogP contribution in [0.2, 0.25) is 0 Å². The molecule has 2 aromatic rings. The number of aliphatic carboxylic acids is 2. The Kier molecular flexibility index (Phi) is 6.61. The number of piperidine rings is 1. The monoisotopic (exact) mass is 413 g/mol. The zero-order valence-corrected chi connectivity index (χ0v) is 16.9. The Morgan fingerprint density at radius 1 is 0.966 bits per heavy atom. The molecule has 0 atom stereocenters. The highest BCUT2D eigenvalue weighted by atomic mass is 32.2. The maximum absolute atomic E-state index is 9.55. The SMILES string of the molecule is CN1CCC2(CC1)Oc1ccccc1Sc1ccccc12.O=C(O)/C=C\C(=O)O. The van der Waals surface area contributed by atoms with Crippen molar-refractivity contribution >= 4 is 23.7 Å². The molecule has 1 saturated heterocycles. The van der Waals surface area contributed by atoms with Crippen molar-refractivity contribution < 1.29 is 24.5 Å². The van der Waals surface area contributed by atoms with E-state index in [2.05, 4.69) is 60.5 Å². The van der Waals surface area contributed by atoms with Gasteiger partial charge in [-0.1, -0.05) is 42.1 Å². The minimum atomic E-state index is -1.26. The number of nitrogens with zero attached hydrogens (tertiary/aromatic N) is 1. The molecule has 2 aliphatic rings. The third-order valence-corrected chi connectivity index (χ3v) is 6.05. The highest BCUT2D eigenvalue weighted by Gasteiger charge is 2.41. The van der Waals surface area contributed by atoms with Crippen LogP contribution in [-0.2, 0) is 15.2 Å². The van der Waals surface area contributed by atoms with Crippen LogP contribution in [0.3, 0.4) is 0 Å². The summed E-state index contributed by atoms with van der Waals surface area (Å²) >= 11 is 1.83. The fourth-order valence-corrected chi connectivity index (χ4v) is 4.53. The van der Waals surface area contributed by atoms with E-state index in [9.17, 15) is 9.59 Å². The van der Waals surface area contributed by atoms with Crippen LogP contribution in [-0.4, -0.2) is 47.2 Å². The minimum Gasteiger partial charge on any atom is -0.481 e. The number of hydrogen-bond acceptors (Lipinski definition) is 5. The zero-order valence-electron chi connectivity index (χ0n) is 16.1.